The minimum Gasteiger partial charge on any atom is -0.329 e. The molecule has 0 spiro atoms. The van der Waals surface area contributed by atoms with Crippen LogP contribution in [-0.2, 0) is 4.79 Å². The van der Waals surface area contributed by atoms with Gasteiger partial charge in [-0.3, -0.25) is 4.79 Å². The molecule has 1 N–H and O–H groups in total. The topological polar surface area (TPSA) is 42.0 Å². The molecule has 0 atom stereocenters. The van der Waals surface area contributed by atoms with Gasteiger partial charge >= 0.3 is 0 Å². The molecular formula is C8H6N2OS. The van der Waals surface area contributed by atoms with Crippen molar-refractivity contribution in [1.82, 2.24) is 4.37 Å². The fourth-order valence-electron chi connectivity index (χ4n) is 1.02. The average Bonchev–Trinajstić information content (AvgIpc) is 2.51. The molecule has 3 nitrogen and oxygen atoms in total. The Bertz CT molecular complexity index is 410. The molecule has 1 aromatic heterocycles. The van der Waals surface area contributed by atoms with Crippen molar-refractivity contribution in [2.75, 3.05) is 5.32 Å². The highest BCUT2D eigenvalue weighted by Crippen LogP contribution is 2.21. The summed E-state index contributed by atoms with van der Waals surface area (Å²) < 4.78 is 5.11. The molecule has 2 rings (SSSR count). The third-order valence-electron chi connectivity index (χ3n) is 1.58. The predicted molar refractivity (Wildman–Crippen MR) is 49.3 cm³/mol. The normalized spacial score (nSPS) is 10.0. The molecule has 1 amide bonds. The van der Waals surface area contributed by atoms with Crippen LogP contribution in [0.2, 0.25) is 0 Å². The zero-order valence-corrected chi connectivity index (χ0v) is 6.97. The maximum atomic E-state index is 10.1. The third-order valence-corrected chi connectivity index (χ3v) is 2.34. The van der Waals surface area contributed by atoms with Crippen LogP contribution in [0, 0.1) is 0 Å². The molecule has 0 fully saturated rings. The van der Waals surface area contributed by atoms with Crippen molar-refractivity contribution >= 4 is 33.7 Å². The van der Waals surface area contributed by atoms with E-state index >= 15 is 0 Å². The number of hydrogen-bond donors (Lipinski definition) is 1. The van der Waals surface area contributed by atoms with Gasteiger partial charge in [-0.1, -0.05) is 0 Å². The molecule has 0 bridgehead atoms. The van der Waals surface area contributed by atoms with Crippen LogP contribution in [0.15, 0.2) is 24.4 Å². The Morgan fingerprint density at radius 2 is 2.42 bits per heavy atom. The smallest absolute Gasteiger partial charge is 0.211 e. The summed E-state index contributed by atoms with van der Waals surface area (Å²) in [5.74, 6) is 0. The van der Waals surface area contributed by atoms with Crippen molar-refractivity contribution in [2.45, 2.75) is 0 Å². The lowest BCUT2D eigenvalue weighted by Gasteiger charge is -1.95. The first-order valence-corrected chi connectivity index (χ1v) is 4.22. The number of fused-ring (bicyclic) bond motifs is 1. The molecule has 1 aromatic carbocycles. The third kappa shape index (κ3) is 1.16. The molecule has 0 aliphatic heterocycles. The Kier molecular flexibility index (Phi) is 1.75. The van der Waals surface area contributed by atoms with Gasteiger partial charge < -0.3 is 5.32 Å². The van der Waals surface area contributed by atoms with Crippen molar-refractivity contribution in [3.05, 3.63) is 24.4 Å². The number of benzene rings is 1. The van der Waals surface area contributed by atoms with Crippen LogP contribution in [0.3, 0.4) is 0 Å². The van der Waals surface area contributed by atoms with Crippen LogP contribution in [-0.4, -0.2) is 10.8 Å². The van der Waals surface area contributed by atoms with Gasteiger partial charge in [-0.2, -0.15) is 4.37 Å². The quantitative estimate of drug-likeness (QED) is 0.713. The lowest BCUT2D eigenvalue weighted by Crippen LogP contribution is -1.91. The Labute approximate surface area is 73.2 Å². The molecule has 60 valence electrons. The molecule has 1 heterocycles. The van der Waals surface area contributed by atoms with E-state index in [1.807, 2.05) is 24.4 Å². The second kappa shape index (κ2) is 2.91. The molecule has 4 heteroatoms. The van der Waals surface area contributed by atoms with Crippen LogP contribution >= 0.6 is 11.5 Å². The largest absolute Gasteiger partial charge is 0.329 e. The van der Waals surface area contributed by atoms with Crippen LogP contribution in [0.4, 0.5) is 5.69 Å². The lowest BCUT2D eigenvalue weighted by atomic mass is 10.2. The van der Waals surface area contributed by atoms with E-state index in [1.165, 1.54) is 11.5 Å². The SMILES string of the molecule is O=CNc1ccc2cnsc2c1. The van der Waals surface area contributed by atoms with Gasteiger partial charge in [-0.05, 0) is 29.7 Å². The number of hydrogen-bond acceptors (Lipinski definition) is 3. The molecule has 0 saturated heterocycles. The summed E-state index contributed by atoms with van der Waals surface area (Å²) in [7, 11) is 0. The van der Waals surface area contributed by atoms with E-state index in [4.69, 9.17) is 0 Å². The first-order chi connectivity index (χ1) is 5.90. The number of carbonyl (C=O) groups is 1. The van der Waals surface area contributed by atoms with Gasteiger partial charge in [-0.25, -0.2) is 0 Å². The highest BCUT2D eigenvalue weighted by Gasteiger charge is 1.96. The van der Waals surface area contributed by atoms with Crippen LogP contribution in [0.25, 0.3) is 10.1 Å². The predicted octanol–water partition coefficient (Wildman–Crippen LogP) is 1.86. The van der Waals surface area contributed by atoms with Gasteiger partial charge in [0.25, 0.3) is 0 Å². The maximum Gasteiger partial charge on any atom is 0.211 e. The van der Waals surface area contributed by atoms with Crippen LogP contribution in [0.1, 0.15) is 0 Å². The fraction of sp³-hybridized carbons (Fsp3) is 0. The van der Waals surface area contributed by atoms with Crippen LogP contribution < -0.4 is 5.32 Å². The molecule has 0 aliphatic carbocycles. The standard InChI is InChI=1S/C8H6N2OS/c11-5-9-7-2-1-6-4-10-12-8(6)3-7/h1-5H,(H,9,11). The average molecular weight is 178 g/mol. The summed E-state index contributed by atoms with van der Waals surface area (Å²) in [6, 6.07) is 5.69. The van der Waals surface area contributed by atoms with E-state index in [0.717, 1.165) is 15.8 Å². The number of anilines is 1. The van der Waals surface area contributed by atoms with E-state index in [0.29, 0.717) is 6.41 Å². The Morgan fingerprint density at radius 1 is 1.50 bits per heavy atom. The van der Waals surface area contributed by atoms with Gasteiger partial charge in [0.05, 0.1) is 4.70 Å². The molecule has 0 radical (unpaired) electrons. The summed E-state index contributed by atoms with van der Waals surface area (Å²) in [5, 5.41) is 3.70. The molecule has 0 saturated carbocycles. The zero-order valence-electron chi connectivity index (χ0n) is 6.15. The number of amides is 1. The fourth-order valence-corrected chi connectivity index (χ4v) is 1.70. The van der Waals surface area contributed by atoms with E-state index in [9.17, 15) is 4.79 Å². The first kappa shape index (κ1) is 7.24. The van der Waals surface area contributed by atoms with Gasteiger partial charge in [0.2, 0.25) is 6.41 Å². The van der Waals surface area contributed by atoms with Gasteiger partial charge in [0, 0.05) is 17.3 Å². The minimum absolute atomic E-state index is 0.669. The zero-order chi connectivity index (χ0) is 8.39. The van der Waals surface area contributed by atoms with E-state index in [1.54, 1.807) is 0 Å². The lowest BCUT2D eigenvalue weighted by molar-refractivity contribution is -0.105. The maximum absolute atomic E-state index is 10.1. The van der Waals surface area contributed by atoms with Crippen molar-refractivity contribution in [2.24, 2.45) is 0 Å². The van der Waals surface area contributed by atoms with Crippen LogP contribution in [0.5, 0.6) is 0 Å². The second-order valence-corrected chi connectivity index (χ2v) is 3.17. The van der Waals surface area contributed by atoms with Crippen molar-refractivity contribution in [3.63, 3.8) is 0 Å². The molecule has 0 unspecified atom stereocenters. The molecule has 2 aromatic rings. The Balaban J connectivity index is 2.52. The van der Waals surface area contributed by atoms with E-state index in [2.05, 4.69) is 9.69 Å². The summed E-state index contributed by atoms with van der Waals surface area (Å²) >= 11 is 1.42. The van der Waals surface area contributed by atoms with E-state index in [-0.39, 0.29) is 0 Å². The van der Waals surface area contributed by atoms with Gasteiger partial charge in [0.1, 0.15) is 0 Å². The number of aromatic nitrogens is 1. The minimum atomic E-state index is 0.669. The van der Waals surface area contributed by atoms with Gasteiger partial charge in [0.15, 0.2) is 0 Å². The van der Waals surface area contributed by atoms with Gasteiger partial charge in [-0.15, -0.1) is 0 Å². The molecular weight excluding hydrogens is 172 g/mol. The summed E-state index contributed by atoms with van der Waals surface area (Å²) in [4.78, 5) is 10.1. The Hall–Kier alpha value is -1.42. The highest BCUT2D eigenvalue weighted by molar-refractivity contribution is 7.13. The molecule has 12 heavy (non-hydrogen) atoms. The second-order valence-electron chi connectivity index (χ2n) is 2.34. The number of nitrogens with one attached hydrogen (secondary N) is 1. The molecule has 0 aliphatic rings. The summed E-state index contributed by atoms with van der Waals surface area (Å²) in [6.45, 7) is 0. The van der Waals surface area contributed by atoms with Crippen molar-refractivity contribution in [3.8, 4) is 0 Å². The number of carbonyl (C=O) groups excluding carboxylic acids is 1. The number of nitrogens with zero attached hydrogens (tertiary/aromatic N) is 1. The summed E-state index contributed by atoms with van der Waals surface area (Å²) in [5.41, 5.74) is 0.807. The monoisotopic (exact) mass is 178 g/mol. The summed E-state index contributed by atoms with van der Waals surface area (Å²) in [6.07, 6.45) is 2.48. The number of rotatable bonds is 2. The van der Waals surface area contributed by atoms with E-state index < -0.39 is 0 Å². The van der Waals surface area contributed by atoms with Crippen molar-refractivity contribution < 1.29 is 4.79 Å². The Morgan fingerprint density at radius 3 is 3.25 bits per heavy atom. The first-order valence-electron chi connectivity index (χ1n) is 3.45. The highest BCUT2D eigenvalue weighted by atomic mass is 32.1. The van der Waals surface area contributed by atoms with Crippen molar-refractivity contribution in [1.29, 1.82) is 0 Å².